The van der Waals surface area contributed by atoms with Crippen molar-refractivity contribution in [1.29, 1.82) is 0 Å². The van der Waals surface area contributed by atoms with Gasteiger partial charge >= 0.3 is 0 Å². The van der Waals surface area contributed by atoms with Crippen LogP contribution in [0.15, 0.2) is 47.4 Å². The molecular formula is C19H22Cl2N2O2S. The fourth-order valence-electron chi connectivity index (χ4n) is 3.08. The normalized spacial score (nSPS) is 16.7. The second kappa shape index (κ2) is 8.28. The van der Waals surface area contributed by atoms with E-state index in [0.29, 0.717) is 47.7 Å². The smallest absolute Gasteiger partial charge is 0.243 e. The maximum Gasteiger partial charge on any atom is 0.243 e. The predicted octanol–water partition coefficient (Wildman–Crippen LogP) is 4.06. The lowest BCUT2D eigenvalue weighted by Crippen LogP contribution is -2.48. The van der Waals surface area contributed by atoms with Gasteiger partial charge in [-0.1, -0.05) is 48.3 Å². The maximum absolute atomic E-state index is 12.8. The summed E-state index contributed by atoms with van der Waals surface area (Å²) < 4.78 is 27.2. The van der Waals surface area contributed by atoms with Crippen molar-refractivity contribution in [3.05, 3.63) is 63.6 Å². The van der Waals surface area contributed by atoms with Crippen molar-refractivity contribution in [2.45, 2.75) is 24.8 Å². The van der Waals surface area contributed by atoms with E-state index in [9.17, 15) is 8.42 Å². The summed E-state index contributed by atoms with van der Waals surface area (Å²) in [7, 11) is -3.45. The third-order valence-electron chi connectivity index (χ3n) is 4.74. The van der Waals surface area contributed by atoms with E-state index in [1.807, 2.05) is 37.3 Å². The number of benzene rings is 2. The van der Waals surface area contributed by atoms with Crippen molar-refractivity contribution in [2.24, 2.45) is 0 Å². The quantitative estimate of drug-likeness (QED) is 0.742. The molecule has 0 bridgehead atoms. The highest BCUT2D eigenvalue weighted by Crippen LogP contribution is 2.26. The van der Waals surface area contributed by atoms with E-state index in [1.54, 1.807) is 16.4 Å². The van der Waals surface area contributed by atoms with Gasteiger partial charge in [-0.25, -0.2) is 8.42 Å². The number of sulfonamides is 1. The Hall–Kier alpha value is -1.11. The zero-order valence-corrected chi connectivity index (χ0v) is 17.0. The van der Waals surface area contributed by atoms with Gasteiger partial charge in [-0.2, -0.15) is 4.31 Å². The fraction of sp³-hybridized carbons (Fsp3) is 0.368. The van der Waals surface area contributed by atoms with E-state index in [-0.39, 0.29) is 0 Å². The minimum absolute atomic E-state index is 0.359. The summed E-state index contributed by atoms with van der Waals surface area (Å²) in [6, 6.07) is 12.6. The number of hydrogen-bond acceptors (Lipinski definition) is 3. The molecule has 1 aliphatic rings. The van der Waals surface area contributed by atoms with Crippen molar-refractivity contribution < 1.29 is 8.42 Å². The maximum atomic E-state index is 12.8. The molecule has 26 heavy (non-hydrogen) atoms. The highest BCUT2D eigenvalue weighted by Gasteiger charge is 2.28. The number of hydrogen-bond donors (Lipinski definition) is 0. The summed E-state index contributed by atoms with van der Waals surface area (Å²) in [5.74, 6) is 0. The van der Waals surface area contributed by atoms with Crippen LogP contribution in [0.25, 0.3) is 0 Å². The van der Waals surface area contributed by atoms with Gasteiger partial charge in [0.25, 0.3) is 0 Å². The van der Waals surface area contributed by atoms with Crippen LogP contribution in [0.3, 0.4) is 0 Å². The molecule has 0 aromatic heterocycles. The molecule has 2 aromatic carbocycles. The third-order valence-corrected chi connectivity index (χ3v) is 7.37. The molecule has 0 aliphatic carbocycles. The molecule has 7 heteroatoms. The fourth-order valence-corrected chi connectivity index (χ4v) is 5.02. The molecule has 1 fully saturated rings. The summed E-state index contributed by atoms with van der Waals surface area (Å²) in [5, 5.41) is 1.28. The van der Waals surface area contributed by atoms with E-state index in [0.717, 1.165) is 17.5 Å². The Kier molecular flexibility index (Phi) is 6.25. The molecule has 0 amide bonds. The van der Waals surface area contributed by atoms with Crippen molar-refractivity contribution in [2.75, 3.05) is 26.2 Å². The number of aryl methyl sites for hydroxylation is 1. The van der Waals surface area contributed by atoms with Crippen molar-refractivity contribution in [3.8, 4) is 0 Å². The lowest BCUT2D eigenvalue weighted by molar-refractivity contribution is 0.181. The molecule has 1 saturated heterocycles. The molecule has 140 valence electrons. The van der Waals surface area contributed by atoms with Crippen LogP contribution in [0.5, 0.6) is 0 Å². The Morgan fingerprint density at radius 2 is 1.50 bits per heavy atom. The molecule has 3 rings (SSSR count). The standard InChI is InChI=1S/C19H22Cl2N2O2S/c1-2-15-6-8-16(9-7-15)26(24,25)23-12-10-22(11-13-23)14-17-18(20)4-3-5-19(17)21/h3-9H,2,10-14H2,1H3. The first kappa shape index (κ1) is 19.6. The number of piperazine rings is 1. The van der Waals surface area contributed by atoms with Gasteiger partial charge in [0.2, 0.25) is 10.0 Å². The Morgan fingerprint density at radius 1 is 0.923 bits per heavy atom. The average Bonchev–Trinajstić information content (AvgIpc) is 2.65. The van der Waals surface area contributed by atoms with Gasteiger partial charge in [-0.05, 0) is 36.2 Å². The van der Waals surface area contributed by atoms with Gasteiger partial charge in [-0.15, -0.1) is 0 Å². The number of rotatable bonds is 5. The molecule has 0 atom stereocenters. The van der Waals surface area contributed by atoms with Gasteiger partial charge < -0.3 is 0 Å². The van der Waals surface area contributed by atoms with Crippen LogP contribution in [-0.4, -0.2) is 43.8 Å². The van der Waals surface area contributed by atoms with Gasteiger partial charge in [0.05, 0.1) is 4.90 Å². The van der Waals surface area contributed by atoms with Crippen molar-refractivity contribution >= 4 is 33.2 Å². The highest BCUT2D eigenvalue weighted by molar-refractivity contribution is 7.89. The highest BCUT2D eigenvalue weighted by atomic mass is 35.5. The van der Waals surface area contributed by atoms with Gasteiger partial charge in [-0.3, -0.25) is 4.90 Å². The molecule has 1 aliphatic heterocycles. The third kappa shape index (κ3) is 4.24. The summed E-state index contributed by atoms with van der Waals surface area (Å²) in [6.45, 7) is 4.88. The molecule has 1 heterocycles. The summed E-state index contributed by atoms with van der Waals surface area (Å²) in [4.78, 5) is 2.54. The van der Waals surface area contributed by atoms with Gasteiger partial charge in [0.15, 0.2) is 0 Å². The Morgan fingerprint density at radius 3 is 2.04 bits per heavy atom. The molecule has 0 unspecified atom stereocenters. The van der Waals surface area contributed by atoms with Crippen LogP contribution in [0, 0.1) is 0 Å². The first-order valence-corrected chi connectivity index (χ1v) is 10.9. The van der Waals surface area contributed by atoms with Crippen LogP contribution < -0.4 is 0 Å². The second-order valence-electron chi connectivity index (χ2n) is 6.38. The summed E-state index contributed by atoms with van der Waals surface area (Å²) in [6.07, 6.45) is 0.892. The molecule has 2 aromatic rings. The molecule has 4 nitrogen and oxygen atoms in total. The Balaban J connectivity index is 1.65. The van der Waals surface area contributed by atoms with Crippen LogP contribution in [0.1, 0.15) is 18.1 Å². The SMILES string of the molecule is CCc1ccc(S(=O)(=O)N2CCN(Cc3c(Cl)cccc3Cl)CC2)cc1. The lowest BCUT2D eigenvalue weighted by atomic mass is 10.2. The van der Waals surface area contributed by atoms with Crippen LogP contribution in [0.4, 0.5) is 0 Å². The first-order chi connectivity index (χ1) is 12.4. The largest absolute Gasteiger partial charge is 0.296 e. The van der Waals surface area contributed by atoms with Crippen LogP contribution in [0.2, 0.25) is 10.0 Å². The number of nitrogens with zero attached hydrogens (tertiary/aromatic N) is 2. The molecule has 0 radical (unpaired) electrons. The van der Waals surface area contributed by atoms with Gasteiger partial charge in [0, 0.05) is 48.3 Å². The van der Waals surface area contributed by atoms with E-state index >= 15 is 0 Å². The minimum atomic E-state index is -3.45. The zero-order valence-electron chi connectivity index (χ0n) is 14.7. The van der Waals surface area contributed by atoms with E-state index in [4.69, 9.17) is 23.2 Å². The van der Waals surface area contributed by atoms with Crippen LogP contribution in [-0.2, 0) is 23.0 Å². The number of halogens is 2. The van der Waals surface area contributed by atoms with Gasteiger partial charge in [0.1, 0.15) is 0 Å². The predicted molar refractivity (Wildman–Crippen MR) is 106 cm³/mol. The van der Waals surface area contributed by atoms with E-state index in [2.05, 4.69) is 4.90 Å². The van der Waals surface area contributed by atoms with Crippen molar-refractivity contribution in [1.82, 2.24) is 9.21 Å². The zero-order chi connectivity index (χ0) is 18.7. The molecule has 0 spiro atoms. The summed E-state index contributed by atoms with van der Waals surface area (Å²) in [5.41, 5.74) is 2.02. The first-order valence-electron chi connectivity index (χ1n) is 8.66. The second-order valence-corrected chi connectivity index (χ2v) is 9.13. The van der Waals surface area contributed by atoms with Crippen molar-refractivity contribution in [3.63, 3.8) is 0 Å². The minimum Gasteiger partial charge on any atom is -0.296 e. The Bertz CT molecular complexity index is 841. The lowest BCUT2D eigenvalue weighted by Gasteiger charge is -2.34. The monoisotopic (exact) mass is 412 g/mol. The average molecular weight is 413 g/mol. The van der Waals surface area contributed by atoms with E-state index < -0.39 is 10.0 Å². The Labute approximate surface area is 165 Å². The molecule has 0 N–H and O–H groups in total. The van der Waals surface area contributed by atoms with E-state index in [1.165, 1.54) is 0 Å². The molecule has 0 saturated carbocycles. The van der Waals surface area contributed by atoms with Crippen LogP contribution >= 0.6 is 23.2 Å². The summed E-state index contributed by atoms with van der Waals surface area (Å²) >= 11 is 12.5. The topological polar surface area (TPSA) is 40.6 Å². The molecular weight excluding hydrogens is 391 g/mol.